The van der Waals surface area contributed by atoms with E-state index >= 15 is 0 Å². The summed E-state index contributed by atoms with van der Waals surface area (Å²) in [5.41, 5.74) is 3.98. The van der Waals surface area contributed by atoms with Crippen molar-refractivity contribution >= 4 is 28.5 Å². The molecule has 0 aliphatic carbocycles. The number of benzene rings is 2. The first-order chi connectivity index (χ1) is 14.0. The van der Waals surface area contributed by atoms with Crippen molar-refractivity contribution in [1.82, 2.24) is 20.1 Å². The fraction of sp³-hybridized carbons (Fsp3) is 0.136. The number of fused-ring (bicyclic) bond motifs is 1. The minimum absolute atomic E-state index is 0.0364. The Kier molecular flexibility index (Phi) is 5.27. The van der Waals surface area contributed by atoms with Crippen molar-refractivity contribution in [1.29, 1.82) is 0 Å². The van der Waals surface area contributed by atoms with Crippen molar-refractivity contribution < 1.29 is 9.18 Å². The van der Waals surface area contributed by atoms with Crippen molar-refractivity contribution in [3.63, 3.8) is 0 Å². The van der Waals surface area contributed by atoms with E-state index in [1.165, 1.54) is 12.1 Å². The Hall–Kier alpha value is -3.25. The summed E-state index contributed by atoms with van der Waals surface area (Å²) in [4.78, 5) is 16.9. The third kappa shape index (κ3) is 3.98. The Labute approximate surface area is 172 Å². The minimum atomic E-state index is -0.290. The van der Waals surface area contributed by atoms with Gasteiger partial charge in [-0.15, -0.1) is 0 Å². The number of nitrogens with zero attached hydrogens (tertiary/aromatic N) is 3. The molecule has 0 radical (unpaired) electrons. The van der Waals surface area contributed by atoms with Crippen molar-refractivity contribution in [2.75, 3.05) is 0 Å². The van der Waals surface area contributed by atoms with Crippen molar-refractivity contribution in [2.45, 2.75) is 20.0 Å². The third-order valence-electron chi connectivity index (χ3n) is 4.69. The maximum Gasteiger partial charge on any atom is 0.242 e. The standard InChI is InChI=1S/C22H18ClFN4O/c1-14-21-18(15-6-8-17(24)9-7-15)10-11-25-22(21)28(27-14)13-20(29)26-12-16-4-2-3-5-19(16)23/h2-11H,12-13H2,1H3,(H,26,29). The molecule has 0 bridgehead atoms. The normalized spacial score (nSPS) is 11.0. The summed E-state index contributed by atoms with van der Waals surface area (Å²) < 4.78 is 14.9. The number of nitrogens with one attached hydrogen (secondary N) is 1. The summed E-state index contributed by atoms with van der Waals surface area (Å²) in [5, 5.41) is 8.82. The fourth-order valence-corrected chi connectivity index (χ4v) is 3.49. The molecule has 1 amide bonds. The van der Waals surface area contributed by atoms with Gasteiger partial charge < -0.3 is 5.32 Å². The Morgan fingerprint density at radius 3 is 2.66 bits per heavy atom. The molecule has 0 spiro atoms. The van der Waals surface area contributed by atoms with Gasteiger partial charge in [-0.2, -0.15) is 5.10 Å². The van der Waals surface area contributed by atoms with Crippen molar-refractivity contribution in [3.05, 3.63) is 82.9 Å². The van der Waals surface area contributed by atoms with Gasteiger partial charge in [-0.05, 0) is 47.9 Å². The van der Waals surface area contributed by atoms with Crippen LogP contribution < -0.4 is 5.32 Å². The van der Waals surface area contributed by atoms with Gasteiger partial charge in [-0.1, -0.05) is 41.9 Å². The smallest absolute Gasteiger partial charge is 0.242 e. The molecule has 2 aromatic heterocycles. The van der Waals surface area contributed by atoms with E-state index in [1.54, 1.807) is 29.1 Å². The monoisotopic (exact) mass is 408 g/mol. The van der Waals surface area contributed by atoms with E-state index in [0.717, 1.165) is 27.8 Å². The van der Waals surface area contributed by atoms with Crippen LogP contribution in [0, 0.1) is 12.7 Å². The first-order valence-corrected chi connectivity index (χ1v) is 9.49. The highest BCUT2D eigenvalue weighted by molar-refractivity contribution is 6.31. The lowest BCUT2D eigenvalue weighted by Gasteiger charge is -2.08. The molecule has 4 aromatic rings. The predicted molar refractivity (Wildman–Crippen MR) is 111 cm³/mol. The lowest BCUT2D eigenvalue weighted by Crippen LogP contribution is -2.27. The lowest BCUT2D eigenvalue weighted by atomic mass is 10.0. The zero-order valence-electron chi connectivity index (χ0n) is 15.7. The second-order valence-corrected chi connectivity index (χ2v) is 7.08. The minimum Gasteiger partial charge on any atom is -0.350 e. The molecule has 2 heterocycles. The van der Waals surface area contributed by atoms with Crippen LogP contribution in [0.25, 0.3) is 22.2 Å². The van der Waals surface area contributed by atoms with Gasteiger partial charge in [0.15, 0.2) is 5.65 Å². The van der Waals surface area contributed by atoms with Crippen molar-refractivity contribution in [2.24, 2.45) is 0 Å². The van der Waals surface area contributed by atoms with Gasteiger partial charge in [0.2, 0.25) is 5.91 Å². The number of aromatic nitrogens is 3. The van der Waals surface area contributed by atoms with Gasteiger partial charge in [0.05, 0.1) is 5.69 Å². The van der Waals surface area contributed by atoms with Crippen LogP contribution in [0.2, 0.25) is 5.02 Å². The van der Waals surface area contributed by atoms with Crippen LogP contribution in [0.3, 0.4) is 0 Å². The third-order valence-corrected chi connectivity index (χ3v) is 5.06. The molecule has 29 heavy (non-hydrogen) atoms. The Balaban J connectivity index is 1.58. The first kappa shape index (κ1) is 19.1. The van der Waals surface area contributed by atoms with E-state index in [4.69, 9.17) is 11.6 Å². The van der Waals surface area contributed by atoms with E-state index in [1.807, 2.05) is 31.2 Å². The molecule has 0 saturated heterocycles. The molecule has 0 aliphatic heterocycles. The van der Waals surface area contributed by atoms with Gasteiger partial charge in [0, 0.05) is 23.2 Å². The summed E-state index contributed by atoms with van der Waals surface area (Å²) in [7, 11) is 0. The van der Waals surface area contributed by atoms with Crippen LogP contribution in [-0.4, -0.2) is 20.7 Å². The molecule has 2 aromatic carbocycles. The average Bonchev–Trinajstić information content (AvgIpc) is 3.03. The number of carbonyl (C=O) groups excluding carboxylic acids is 1. The van der Waals surface area contributed by atoms with Gasteiger partial charge in [0.1, 0.15) is 12.4 Å². The number of halogens is 2. The molecular weight excluding hydrogens is 391 g/mol. The maximum atomic E-state index is 13.3. The topological polar surface area (TPSA) is 59.8 Å². The summed E-state index contributed by atoms with van der Waals surface area (Å²) in [6.07, 6.45) is 1.67. The zero-order valence-corrected chi connectivity index (χ0v) is 16.4. The highest BCUT2D eigenvalue weighted by Gasteiger charge is 2.16. The summed E-state index contributed by atoms with van der Waals surface area (Å²) >= 11 is 6.13. The maximum absolute atomic E-state index is 13.3. The quantitative estimate of drug-likeness (QED) is 0.528. The van der Waals surface area contributed by atoms with E-state index in [0.29, 0.717) is 17.2 Å². The van der Waals surface area contributed by atoms with E-state index < -0.39 is 0 Å². The van der Waals surface area contributed by atoms with Crippen LogP contribution in [0.4, 0.5) is 4.39 Å². The second kappa shape index (κ2) is 8.01. The lowest BCUT2D eigenvalue weighted by molar-refractivity contribution is -0.121. The summed E-state index contributed by atoms with van der Waals surface area (Å²) in [6, 6.07) is 15.5. The average molecular weight is 409 g/mol. The molecule has 0 fully saturated rings. The summed E-state index contributed by atoms with van der Waals surface area (Å²) in [5.74, 6) is -0.482. The zero-order chi connectivity index (χ0) is 20.4. The number of hydrogen-bond donors (Lipinski definition) is 1. The molecule has 0 aliphatic rings. The van der Waals surface area contributed by atoms with Crippen LogP contribution in [0.15, 0.2) is 60.8 Å². The largest absolute Gasteiger partial charge is 0.350 e. The van der Waals surface area contributed by atoms with Gasteiger partial charge in [0.25, 0.3) is 0 Å². The Morgan fingerprint density at radius 2 is 1.90 bits per heavy atom. The molecule has 7 heteroatoms. The molecular formula is C22H18ClFN4O. The highest BCUT2D eigenvalue weighted by Crippen LogP contribution is 2.29. The summed E-state index contributed by atoms with van der Waals surface area (Å²) in [6.45, 7) is 2.24. The Morgan fingerprint density at radius 1 is 1.14 bits per heavy atom. The molecule has 4 rings (SSSR count). The van der Waals surface area contributed by atoms with Crippen molar-refractivity contribution in [3.8, 4) is 11.1 Å². The van der Waals surface area contributed by atoms with Gasteiger partial charge in [-0.25, -0.2) is 14.1 Å². The fourth-order valence-electron chi connectivity index (χ4n) is 3.29. The van der Waals surface area contributed by atoms with Crippen LogP contribution in [0.1, 0.15) is 11.3 Å². The van der Waals surface area contributed by atoms with E-state index in [2.05, 4.69) is 15.4 Å². The van der Waals surface area contributed by atoms with Crippen LogP contribution in [0.5, 0.6) is 0 Å². The van der Waals surface area contributed by atoms with Crippen LogP contribution >= 0.6 is 11.6 Å². The second-order valence-electron chi connectivity index (χ2n) is 6.68. The highest BCUT2D eigenvalue weighted by atomic mass is 35.5. The number of aryl methyl sites for hydroxylation is 1. The SMILES string of the molecule is Cc1nn(CC(=O)NCc2ccccc2Cl)c2nccc(-c3ccc(F)cc3)c12. The molecule has 0 saturated carbocycles. The molecule has 146 valence electrons. The predicted octanol–water partition coefficient (Wildman–Crippen LogP) is 4.52. The van der Waals surface area contributed by atoms with Crippen LogP contribution in [-0.2, 0) is 17.9 Å². The molecule has 1 N–H and O–H groups in total. The number of hydrogen-bond acceptors (Lipinski definition) is 3. The Bertz CT molecular complexity index is 1190. The number of carbonyl (C=O) groups is 1. The number of rotatable bonds is 5. The number of pyridine rings is 1. The molecule has 5 nitrogen and oxygen atoms in total. The van der Waals surface area contributed by atoms with E-state index in [9.17, 15) is 9.18 Å². The van der Waals surface area contributed by atoms with E-state index in [-0.39, 0.29) is 18.3 Å². The first-order valence-electron chi connectivity index (χ1n) is 9.11. The molecule has 0 unspecified atom stereocenters. The van der Waals surface area contributed by atoms with Gasteiger partial charge in [-0.3, -0.25) is 4.79 Å². The number of amides is 1. The van der Waals surface area contributed by atoms with Gasteiger partial charge >= 0.3 is 0 Å². The molecule has 0 atom stereocenters.